The fraction of sp³-hybridized carbons (Fsp3) is 0.300. The molecule has 0 aliphatic heterocycles. The summed E-state index contributed by atoms with van der Waals surface area (Å²) in [6.07, 6.45) is 0.210. The van der Waals surface area contributed by atoms with Gasteiger partial charge in [-0.3, -0.25) is 4.79 Å². The molecule has 0 aromatic heterocycles. The first kappa shape index (κ1) is 12.8. The van der Waals surface area contributed by atoms with E-state index in [0.717, 1.165) is 5.56 Å². The number of hydrogen-bond acceptors (Lipinski definition) is 3. The van der Waals surface area contributed by atoms with Gasteiger partial charge in [-0.05, 0) is 17.5 Å². The van der Waals surface area contributed by atoms with Crippen LogP contribution in [-0.2, 0) is 28.0 Å². The first-order valence-electron chi connectivity index (χ1n) is 4.62. The maximum atomic E-state index is 10.6. The van der Waals surface area contributed by atoms with Crippen LogP contribution in [-0.4, -0.2) is 25.9 Å². The van der Waals surface area contributed by atoms with Crippen molar-refractivity contribution in [3.63, 3.8) is 0 Å². The highest BCUT2D eigenvalue weighted by Gasteiger charge is 2.12. The van der Waals surface area contributed by atoms with Gasteiger partial charge in [0.05, 0.1) is 5.75 Å². The lowest BCUT2D eigenvalue weighted by Gasteiger charge is -2.07. The van der Waals surface area contributed by atoms with Crippen molar-refractivity contribution >= 4 is 17.0 Å². The Balaban J connectivity index is 2.74. The van der Waals surface area contributed by atoms with E-state index in [0.29, 0.717) is 5.56 Å². The van der Waals surface area contributed by atoms with Crippen molar-refractivity contribution in [1.29, 1.82) is 0 Å². The molecule has 2 atom stereocenters. The van der Waals surface area contributed by atoms with Crippen LogP contribution in [0.25, 0.3) is 0 Å². The van der Waals surface area contributed by atoms with Gasteiger partial charge in [-0.15, -0.1) is 0 Å². The minimum atomic E-state index is -1.89. The average Bonchev–Trinajstić information content (AvgIpc) is 2.16. The number of carboxylic acids is 1. The van der Waals surface area contributed by atoms with Gasteiger partial charge in [-0.25, -0.2) is 4.21 Å². The van der Waals surface area contributed by atoms with Crippen molar-refractivity contribution in [3.8, 4) is 0 Å². The molecular formula is C10H13NO4S. The molecular weight excluding hydrogens is 230 g/mol. The summed E-state index contributed by atoms with van der Waals surface area (Å²) in [6.45, 7) is 0. The van der Waals surface area contributed by atoms with Crippen LogP contribution >= 0.6 is 0 Å². The fourth-order valence-corrected chi connectivity index (χ4v) is 1.79. The molecule has 0 amide bonds. The highest BCUT2D eigenvalue weighted by molar-refractivity contribution is 7.78. The number of benzene rings is 1. The molecule has 0 aliphatic carbocycles. The molecule has 0 spiro atoms. The van der Waals surface area contributed by atoms with E-state index < -0.39 is 23.1 Å². The molecule has 4 N–H and O–H groups in total. The standard InChI is InChI=1S/C10H13NO4S/c11-9(10(12)13)5-7-2-1-3-8(4-7)6-16(14)15/h1-4,9H,5-6,11H2,(H,12,13)(H,14,15)/t9-/m0/s1. The first-order valence-corrected chi connectivity index (χ1v) is 5.90. The Bertz CT molecular complexity index is 408. The van der Waals surface area contributed by atoms with Gasteiger partial charge in [0.15, 0.2) is 11.1 Å². The van der Waals surface area contributed by atoms with Crippen LogP contribution < -0.4 is 5.73 Å². The molecule has 0 saturated carbocycles. The number of carbonyl (C=O) groups is 1. The third kappa shape index (κ3) is 4.09. The predicted octanol–water partition coefficient (Wildman–Crippen LogP) is 0.363. The summed E-state index contributed by atoms with van der Waals surface area (Å²) in [5.41, 5.74) is 6.83. The van der Waals surface area contributed by atoms with E-state index in [2.05, 4.69) is 0 Å². The van der Waals surface area contributed by atoms with Crippen LogP contribution in [0.5, 0.6) is 0 Å². The first-order chi connectivity index (χ1) is 7.49. The zero-order valence-electron chi connectivity index (χ0n) is 8.50. The largest absolute Gasteiger partial charge is 0.480 e. The topological polar surface area (TPSA) is 101 Å². The third-order valence-corrected chi connectivity index (χ3v) is 2.63. The van der Waals surface area contributed by atoms with Crippen molar-refractivity contribution < 1.29 is 18.7 Å². The fourth-order valence-electron chi connectivity index (χ4n) is 1.33. The Hall–Kier alpha value is -1.24. The van der Waals surface area contributed by atoms with Crippen LogP contribution in [0, 0.1) is 0 Å². The second-order valence-electron chi connectivity index (χ2n) is 3.43. The molecule has 5 nitrogen and oxygen atoms in total. The minimum Gasteiger partial charge on any atom is -0.480 e. The van der Waals surface area contributed by atoms with Crippen LogP contribution in [0.15, 0.2) is 24.3 Å². The predicted molar refractivity (Wildman–Crippen MR) is 60.2 cm³/mol. The summed E-state index contributed by atoms with van der Waals surface area (Å²) >= 11 is -1.89. The average molecular weight is 243 g/mol. The Morgan fingerprint density at radius 1 is 1.44 bits per heavy atom. The summed E-state index contributed by atoms with van der Waals surface area (Å²) < 4.78 is 19.3. The molecule has 0 aliphatic rings. The molecule has 1 aromatic carbocycles. The quantitative estimate of drug-likeness (QED) is 0.648. The summed E-state index contributed by atoms with van der Waals surface area (Å²) in [5, 5.41) is 8.64. The van der Waals surface area contributed by atoms with E-state index >= 15 is 0 Å². The van der Waals surface area contributed by atoms with Gasteiger partial charge in [-0.2, -0.15) is 0 Å². The molecule has 0 bridgehead atoms. The van der Waals surface area contributed by atoms with Crippen molar-refractivity contribution in [2.45, 2.75) is 18.2 Å². The number of rotatable bonds is 5. The van der Waals surface area contributed by atoms with E-state index in [1.807, 2.05) is 0 Å². The van der Waals surface area contributed by atoms with Gasteiger partial charge >= 0.3 is 5.97 Å². The Morgan fingerprint density at radius 3 is 2.62 bits per heavy atom. The Morgan fingerprint density at radius 2 is 2.06 bits per heavy atom. The van der Waals surface area contributed by atoms with Gasteiger partial charge in [0, 0.05) is 0 Å². The van der Waals surface area contributed by atoms with Crippen molar-refractivity contribution in [2.75, 3.05) is 0 Å². The SMILES string of the molecule is N[C@@H](Cc1cccc(CS(=O)O)c1)C(=O)O. The zero-order chi connectivity index (χ0) is 12.1. The van der Waals surface area contributed by atoms with Gasteiger partial charge in [0.1, 0.15) is 6.04 Å². The Kier molecular flexibility index (Phi) is 4.60. The van der Waals surface area contributed by atoms with Gasteiger partial charge in [0.25, 0.3) is 0 Å². The second kappa shape index (κ2) is 5.74. The lowest BCUT2D eigenvalue weighted by atomic mass is 10.0. The van der Waals surface area contributed by atoms with Crippen molar-refractivity contribution in [1.82, 2.24) is 0 Å². The van der Waals surface area contributed by atoms with Crippen LogP contribution in [0.2, 0.25) is 0 Å². The van der Waals surface area contributed by atoms with Gasteiger partial charge < -0.3 is 15.4 Å². The number of aliphatic carboxylic acids is 1. The van der Waals surface area contributed by atoms with E-state index in [4.69, 9.17) is 15.4 Å². The normalized spacial score (nSPS) is 14.4. The van der Waals surface area contributed by atoms with E-state index in [1.54, 1.807) is 24.3 Å². The summed E-state index contributed by atoms with van der Waals surface area (Å²) in [5.74, 6) is -1.02. The van der Waals surface area contributed by atoms with Crippen LogP contribution in [0.3, 0.4) is 0 Å². The van der Waals surface area contributed by atoms with Crippen molar-refractivity contribution in [3.05, 3.63) is 35.4 Å². The highest BCUT2D eigenvalue weighted by Crippen LogP contribution is 2.09. The summed E-state index contributed by atoms with van der Waals surface area (Å²) in [4.78, 5) is 10.6. The molecule has 88 valence electrons. The van der Waals surface area contributed by atoms with E-state index in [9.17, 15) is 9.00 Å². The van der Waals surface area contributed by atoms with Crippen LogP contribution in [0.4, 0.5) is 0 Å². The lowest BCUT2D eigenvalue weighted by molar-refractivity contribution is -0.138. The molecule has 0 radical (unpaired) electrons. The van der Waals surface area contributed by atoms with Crippen molar-refractivity contribution in [2.24, 2.45) is 5.73 Å². The number of nitrogens with two attached hydrogens (primary N) is 1. The molecule has 0 saturated heterocycles. The molecule has 1 unspecified atom stereocenters. The van der Waals surface area contributed by atoms with E-state index in [1.165, 1.54) is 0 Å². The van der Waals surface area contributed by atoms with Gasteiger partial charge in [-0.1, -0.05) is 24.3 Å². The zero-order valence-corrected chi connectivity index (χ0v) is 9.31. The molecule has 0 heterocycles. The van der Waals surface area contributed by atoms with Crippen LogP contribution in [0.1, 0.15) is 11.1 Å². The molecule has 6 heteroatoms. The monoisotopic (exact) mass is 243 g/mol. The maximum absolute atomic E-state index is 10.6. The lowest BCUT2D eigenvalue weighted by Crippen LogP contribution is -2.32. The van der Waals surface area contributed by atoms with E-state index in [-0.39, 0.29) is 12.2 Å². The number of carboxylic acid groups (broad SMARTS) is 1. The molecule has 1 aromatic rings. The molecule has 1 rings (SSSR count). The maximum Gasteiger partial charge on any atom is 0.320 e. The second-order valence-corrected chi connectivity index (χ2v) is 4.37. The minimum absolute atomic E-state index is 0.0378. The Labute approximate surface area is 95.6 Å². The number of hydrogen-bond donors (Lipinski definition) is 3. The smallest absolute Gasteiger partial charge is 0.320 e. The summed E-state index contributed by atoms with van der Waals surface area (Å²) in [7, 11) is 0. The highest BCUT2D eigenvalue weighted by atomic mass is 32.2. The molecule has 0 fully saturated rings. The summed E-state index contributed by atoms with van der Waals surface area (Å²) in [6, 6.07) is 5.91. The van der Waals surface area contributed by atoms with Gasteiger partial charge in [0.2, 0.25) is 0 Å². The third-order valence-electron chi connectivity index (χ3n) is 2.05. The molecule has 16 heavy (non-hydrogen) atoms.